The molecule has 0 saturated carbocycles. The van der Waals surface area contributed by atoms with Crippen LogP contribution in [-0.2, 0) is 0 Å². The van der Waals surface area contributed by atoms with Crippen LogP contribution in [0, 0.1) is 20.2 Å². The van der Waals surface area contributed by atoms with Crippen molar-refractivity contribution in [2.75, 3.05) is 5.32 Å². The third-order valence-electron chi connectivity index (χ3n) is 4.04. The number of non-ortho nitro benzene ring substituents is 1. The number of anilines is 1. The zero-order valence-electron chi connectivity index (χ0n) is 15.2. The van der Waals surface area contributed by atoms with E-state index in [4.69, 9.17) is 0 Å². The smallest absolute Gasteiger partial charge is 0.289 e. The van der Waals surface area contributed by atoms with E-state index in [0.29, 0.717) is 0 Å². The monoisotopic (exact) mass is 386 g/mol. The molecule has 0 aromatic heterocycles. The van der Waals surface area contributed by atoms with E-state index in [1.165, 1.54) is 12.1 Å². The highest BCUT2D eigenvalue weighted by atomic mass is 16.6. The Kier molecular flexibility index (Phi) is 6.38. The van der Waals surface area contributed by atoms with E-state index < -0.39 is 33.0 Å². The van der Waals surface area contributed by atoms with Gasteiger partial charge in [-0.15, -0.1) is 0 Å². The van der Waals surface area contributed by atoms with Crippen molar-refractivity contribution in [3.8, 4) is 0 Å². The van der Waals surface area contributed by atoms with Gasteiger partial charge in [-0.25, -0.2) is 0 Å². The Morgan fingerprint density at radius 1 is 1.00 bits per heavy atom. The summed E-state index contributed by atoms with van der Waals surface area (Å²) in [5, 5.41) is 27.3. The van der Waals surface area contributed by atoms with Gasteiger partial charge < -0.3 is 10.6 Å². The molecule has 2 amide bonds. The van der Waals surface area contributed by atoms with E-state index in [9.17, 15) is 29.8 Å². The van der Waals surface area contributed by atoms with Crippen LogP contribution < -0.4 is 10.6 Å². The van der Waals surface area contributed by atoms with Gasteiger partial charge in [0.2, 0.25) is 0 Å². The Morgan fingerprint density at radius 2 is 1.68 bits per heavy atom. The zero-order chi connectivity index (χ0) is 20.8. The summed E-state index contributed by atoms with van der Waals surface area (Å²) in [7, 11) is 0. The molecule has 0 heterocycles. The van der Waals surface area contributed by atoms with Crippen molar-refractivity contribution >= 4 is 28.9 Å². The summed E-state index contributed by atoms with van der Waals surface area (Å²) in [6, 6.07) is 8.87. The molecule has 146 valence electrons. The van der Waals surface area contributed by atoms with Crippen LogP contribution in [0.3, 0.4) is 0 Å². The molecule has 2 aromatic carbocycles. The minimum absolute atomic E-state index is 0.0768. The molecule has 0 spiro atoms. The Bertz CT molecular complexity index is 943. The maximum absolute atomic E-state index is 12.6. The first-order valence-corrected chi connectivity index (χ1v) is 8.38. The van der Waals surface area contributed by atoms with Crippen LogP contribution in [0.15, 0.2) is 42.5 Å². The standard InChI is InChI=1S/C18H18N4O6/c1-3-11(2)19-17(23)13-6-4-5-7-15(13)20-18(24)14-9-8-12(21(25)26)10-16(14)22(27)28/h4-11H,3H2,1-2H3,(H,19,23)(H,20,24). The van der Waals surface area contributed by atoms with Crippen molar-refractivity contribution in [2.45, 2.75) is 26.3 Å². The fraction of sp³-hybridized carbons (Fsp3) is 0.222. The molecule has 0 aliphatic rings. The van der Waals surface area contributed by atoms with Gasteiger partial charge in [-0.2, -0.15) is 0 Å². The van der Waals surface area contributed by atoms with E-state index >= 15 is 0 Å². The van der Waals surface area contributed by atoms with Crippen LogP contribution in [-0.4, -0.2) is 27.7 Å². The van der Waals surface area contributed by atoms with Crippen LogP contribution in [0.4, 0.5) is 17.1 Å². The van der Waals surface area contributed by atoms with Gasteiger partial charge in [-0.3, -0.25) is 29.8 Å². The number of amides is 2. The number of hydrogen-bond donors (Lipinski definition) is 2. The molecule has 0 saturated heterocycles. The lowest BCUT2D eigenvalue weighted by molar-refractivity contribution is -0.394. The SMILES string of the molecule is CCC(C)NC(=O)c1ccccc1NC(=O)c1ccc([N+](=O)[O-])cc1[N+](=O)[O-]. The maximum Gasteiger partial charge on any atom is 0.289 e. The largest absolute Gasteiger partial charge is 0.350 e. The third kappa shape index (κ3) is 4.67. The summed E-state index contributed by atoms with van der Waals surface area (Å²) in [4.78, 5) is 45.3. The van der Waals surface area contributed by atoms with Crippen LogP contribution in [0.5, 0.6) is 0 Å². The number of nitrogens with one attached hydrogen (secondary N) is 2. The van der Waals surface area contributed by atoms with Crippen LogP contribution >= 0.6 is 0 Å². The van der Waals surface area contributed by atoms with E-state index in [2.05, 4.69) is 10.6 Å². The van der Waals surface area contributed by atoms with Gasteiger partial charge in [0.15, 0.2) is 0 Å². The van der Waals surface area contributed by atoms with Gasteiger partial charge in [0.25, 0.3) is 23.2 Å². The summed E-state index contributed by atoms with van der Waals surface area (Å²) < 4.78 is 0. The van der Waals surface area contributed by atoms with Gasteiger partial charge >= 0.3 is 0 Å². The molecule has 0 aliphatic heterocycles. The second-order valence-corrected chi connectivity index (χ2v) is 6.00. The highest BCUT2D eigenvalue weighted by Gasteiger charge is 2.25. The maximum atomic E-state index is 12.6. The summed E-state index contributed by atoms with van der Waals surface area (Å²) in [6.45, 7) is 3.74. The highest BCUT2D eigenvalue weighted by molar-refractivity contribution is 6.10. The fourth-order valence-corrected chi connectivity index (χ4v) is 2.36. The first kappa shape index (κ1) is 20.5. The van der Waals surface area contributed by atoms with Gasteiger partial charge in [-0.05, 0) is 31.5 Å². The third-order valence-corrected chi connectivity index (χ3v) is 4.04. The van der Waals surface area contributed by atoms with Crippen LogP contribution in [0.1, 0.15) is 41.0 Å². The number of carbonyl (C=O) groups excluding carboxylic acids is 2. The van der Waals surface area contributed by atoms with Crippen molar-refractivity contribution in [1.29, 1.82) is 0 Å². The molecule has 0 radical (unpaired) electrons. The van der Waals surface area contributed by atoms with E-state index in [1.807, 2.05) is 13.8 Å². The quantitative estimate of drug-likeness (QED) is 0.552. The predicted octanol–water partition coefficient (Wildman–Crippen LogP) is 3.28. The van der Waals surface area contributed by atoms with E-state index in [1.54, 1.807) is 12.1 Å². The van der Waals surface area contributed by atoms with Gasteiger partial charge in [0.05, 0.1) is 27.2 Å². The van der Waals surface area contributed by atoms with Crippen molar-refractivity contribution in [1.82, 2.24) is 5.32 Å². The number of benzene rings is 2. The molecule has 1 unspecified atom stereocenters. The van der Waals surface area contributed by atoms with Crippen molar-refractivity contribution in [3.05, 3.63) is 73.8 Å². The fourth-order valence-electron chi connectivity index (χ4n) is 2.36. The van der Waals surface area contributed by atoms with E-state index in [0.717, 1.165) is 24.6 Å². The normalized spacial score (nSPS) is 11.4. The molecule has 1 atom stereocenters. The molecule has 2 aromatic rings. The molecule has 10 nitrogen and oxygen atoms in total. The Labute approximate surface area is 159 Å². The summed E-state index contributed by atoms with van der Waals surface area (Å²) in [6.07, 6.45) is 0.718. The molecule has 10 heteroatoms. The van der Waals surface area contributed by atoms with Crippen LogP contribution in [0.2, 0.25) is 0 Å². The van der Waals surface area contributed by atoms with Gasteiger partial charge in [0, 0.05) is 12.1 Å². The molecule has 2 rings (SSSR count). The predicted molar refractivity (Wildman–Crippen MR) is 101 cm³/mol. The molecule has 0 fully saturated rings. The molecule has 0 aliphatic carbocycles. The molecule has 0 bridgehead atoms. The van der Waals surface area contributed by atoms with Gasteiger partial charge in [-0.1, -0.05) is 19.1 Å². The average Bonchev–Trinajstić information content (AvgIpc) is 2.67. The number of nitrogens with zero attached hydrogens (tertiary/aromatic N) is 2. The molecular weight excluding hydrogens is 368 g/mol. The Hall–Kier alpha value is -3.82. The lowest BCUT2D eigenvalue weighted by Gasteiger charge is -2.14. The van der Waals surface area contributed by atoms with Crippen LogP contribution in [0.25, 0.3) is 0 Å². The Morgan fingerprint density at radius 3 is 2.29 bits per heavy atom. The summed E-state index contributed by atoms with van der Waals surface area (Å²) in [5.41, 5.74) is -1.20. The first-order chi connectivity index (χ1) is 13.2. The average molecular weight is 386 g/mol. The van der Waals surface area contributed by atoms with Crippen molar-refractivity contribution in [2.24, 2.45) is 0 Å². The topological polar surface area (TPSA) is 144 Å². The number of nitro groups is 2. The minimum Gasteiger partial charge on any atom is -0.350 e. The minimum atomic E-state index is -0.872. The number of nitro benzene ring substituents is 2. The van der Waals surface area contributed by atoms with Crippen molar-refractivity contribution in [3.63, 3.8) is 0 Å². The number of hydrogen-bond acceptors (Lipinski definition) is 6. The first-order valence-electron chi connectivity index (χ1n) is 8.38. The molecule has 28 heavy (non-hydrogen) atoms. The number of para-hydroxylation sites is 1. The van der Waals surface area contributed by atoms with Gasteiger partial charge in [0.1, 0.15) is 5.56 Å². The summed E-state index contributed by atoms with van der Waals surface area (Å²) >= 11 is 0. The second kappa shape index (κ2) is 8.71. The lowest BCUT2D eigenvalue weighted by atomic mass is 10.1. The number of rotatable bonds is 7. The second-order valence-electron chi connectivity index (χ2n) is 6.00. The van der Waals surface area contributed by atoms with Crippen molar-refractivity contribution < 1.29 is 19.4 Å². The molecule has 2 N–H and O–H groups in total. The lowest BCUT2D eigenvalue weighted by Crippen LogP contribution is -2.32. The Balaban J connectivity index is 2.35. The molecular formula is C18H18N4O6. The highest BCUT2D eigenvalue weighted by Crippen LogP contribution is 2.26. The van der Waals surface area contributed by atoms with E-state index in [-0.39, 0.29) is 22.9 Å². The summed E-state index contributed by atoms with van der Waals surface area (Å²) in [5.74, 6) is -1.26. The zero-order valence-corrected chi connectivity index (χ0v) is 15.2. The number of carbonyl (C=O) groups is 2.